The van der Waals surface area contributed by atoms with Crippen molar-refractivity contribution in [3.05, 3.63) is 131 Å². The predicted molar refractivity (Wildman–Crippen MR) is 192 cm³/mol. The van der Waals surface area contributed by atoms with Gasteiger partial charge >= 0.3 is 12.2 Å². The van der Waals surface area contributed by atoms with E-state index in [9.17, 15) is 19.2 Å². The van der Waals surface area contributed by atoms with E-state index in [0.29, 0.717) is 37.3 Å². The van der Waals surface area contributed by atoms with E-state index in [4.69, 9.17) is 9.47 Å². The topological polar surface area (TPSA) is 117 Å². The molecule has 4 amide bonds. The minimum absolute atomic E-state index is 0.162. The van der Waals surface area contributed by atoms with Crippen LogP contribution >= 0.6 is 0 Å². The molecule has 2 saturated heterocycles. The number of rotatable bonds is 10. The number of ether oxygens (including phenoxy) is 2. The molecule has 10 nitrogen and oxygen atoms in total. The van der Waals surface area contributed by atoms with Gasteiger partial charge in [0.15, 0.2) is 0 Å². The Balaban J connectivity index is 0.961. The Morgan fingerprint density at radius 3 is 1.32 bits per heavy atom. The highest BCUT2D eigenvalue weighted by molar-refractivity contribution is 5.97. The first-order chi connectivity index (χ1) is 24.4. The Morgan fingerprint density at radius 2 is 0.940 bits per heavy atom. The van der Waals surface area contributed by atoms with Crippen LogP contribution in [0.4, 0.5) is 21.0 Å². The Hall–Kier alpha value is -5.90. The molecule has 0 spiro atoms. The van der Waals surface area contributed by atoms with Crippen molar-refractivity contribution in [1.82, 2.24) is 9.80 Å². The van der Waals surface area contributed by atoms with Gasteiger partial charge in [-0.25, -0.2) is 9.59 Å². The van der Waals surface area contributed by atoms with E-state index in [1.54, 1.807) is 0 Å². The van der Waals surface area contributed by atoms with Gasteiger partial charge in [-0.15, -0.1) is 0 Å². The molecule has 4 aromatic carbocycles. The van der Waals surface area contributed by atoms with Crippen molar-refractivity contribution in [3.63, 3.8) is 0 Å². The van der Waals surface area contributed by atoms with Crippen molar-refractivity contribution in [1.29, 1.82) is 0 Å². The van der Waals surface area contributed by atoms with Gasteiger partial charge in [0.25, 0.3) is 0 Å². The molecule has 2 N–H and O–H groups in total. The second kappa shape index (κ2) is 16.5. The molecule has 2 aliphatic rings. The summed E-state index contributed by atoms with van der Waals surface area (Å²) in [6, 6.07) is 32.7. The maximum atomic E-state index is 13.1. The third-order valence-electron chi connectivity index (χ3n) is 8.81. The number of hydrogen-bond donors (Lipinski definition) is 2. The normalized spacial score (nSPS) is 17.0. The fraction of sp³-hybridized carbons (Fsp3) is 0.250. The lowest BCUT2D eigenvalue weighted by Gasteiger charge is -2.23. The molecular weight excluding hydrogens is 632 g/mol. The molecule has 50 heavy (non-hydrogen) atoms. The average molecular weight is 673 g/mol. The van der Waals surface area contributed by atoms with E-state index in [2.05, 4.69) is 10.6 Å². The van der Waals surface area contributed by atoms with Crippen LogP contribution in [0.1, 0.15) is 47.9 Å². The highest BCUT2D eigenvalue weighted by atomic mass is 16.6. The van der Waals surface area contributed by atoms with Gasteiger partial charge in [-0.2, -0.15) is 0 Å². The molecule has 0 aliphatic carbocycles. The molecule has 10 heteroatoms. The lowest BCUT2D eigenvalue weighted by Crippen LogP contribution is -2.43. The van der Waals surface area contributed by atoms with Gasteiger partial charge in [0.2, 0.25) is 11.8 Å². The number of benzene rings is 4. The fourth-order valence-corrected chi connectivity index (χ4v) is 6.12. The van der Waals surface area contributed by atoms with E-state index in [1.807, 2.05) is 121 Å². The molecular formula is C40H40N4O6. The largest absolute Gasteiger partial charge is 0.445 e. The highest BCUT2D eigenvalue weighted by Gasteiger charge is 2.36. The van der Waals surface area contributed by atoms with Gasteiger partial charge in [-0.05, 0) is 72.2 Å². The van der Waals surface area contributed by atoms with Gasteiger partial charge in [0.1, 0.15) is 25.3 Å². The van der Waals surface area contributed by atoms with Crippen molar-refractivity contribution in [3.8, 4) is 0 Å². The fourth-order valence-electron chi connectivity index (χ4n) is 6.12. The van der Waals surface area contributed by atoms with Crippen molar-refractivity contribution < 1.29 is 28.7 Å². The van der Waals surface area contributed by atoms with Gasteiger partial charge in [0.05, 0.1) is 0 Å². The Bertz CT molecular complexity index is 1660. The Kier molecular flexibility index (Phi) is 11.2. The van der Waals surface area contributed by atoms with E-state index in [0.717, 1.165) is 35.1 Å². The first kappa shape index (κ1) is 34.0. The molecule has 6 rings (SSSR count). The summed E-state index contributed by atoms with van der Waals surface area (Å²) < 4.78 is 10.9. The summed E-state index contributed by atoms with van der Waals surface area (Å²) in [6.07, 6.45) is 5.58. The standard InChI is InChI=1S/C40H40N4O6/c45-37(35-13-7-25-43(35)39(47)49-27-31-9-3-1-4-10-31)41-33-21-17-29(18-22-33)15-16-30-19-23-34(24-20-30)42-38(46)36-14-8-26-44(36)40(48)50-28-32-11-5-2-6-12-32/h1-6,9-12,15-24,35-36H,7-8,13-14,25-28H2,(H,41,45)(H,42,46)/b16-15-/t35-,36-/m0/s1. The summed E-state index contributed by atoms with van der Waals surface area (Å²) in [5, 5.41) is 5.86. The number of carbonyl (C=O) groups excluding carboxylic acids is 4. The van der Waals surface area contributed by atoms with Crippen LogP contribution in [0.5, 0.6) is 0 Å². The second-order valence-corrected chi connectivity index (χ2v) is 12.3. The summed E-state index contributed by atoms with van der Waals surface area (Å²) in [5.74, 6) is -0.475. The van der Waals surface area contributed by atoms with Crippen LogP contribution in [0.2, 0.25) is 0 Å². The lowest BCUT2D eigenvalue weighted by atomic mass is 10.1. The molecule has 0 unspecified atom stereocenters. The molecule has 2 aliphatic heterocycles. The zero-order valence-corrected chi connectivity index (χ0v) is 27.7. The SMILES string of the molecule is O=C(Nc1ccc(/C=C\c2ccc(NC(=O)[C@@H]3CCCN3C(=O)OCc3ccccc3)cc2)cc1)[C@@H]1CCCN1C(=O)OCc1ccccc1. The van der Waals surface area contributed by atoms with Crippen molar-refractivity contribution in [2.45, 2.75) is 51.0 Å². The smallest absolute Gasteiger partial charge is 0.410 e. The summed E-state index contributed by atoms with van der Waals surface area (Å²) in [4.78, 5) is 54.6. The average Bonchev–Trinajstić information content (AvgIpc) is 3.86. The van der Waals surface area contributed by atoms with E-state index in [-0.39, 0.29) is 25.0 Å². The van der Waals surface area contributed by atoms with Crippen LogP contribution in [0.15, 0.2) is 109 Å². The molecule has 0 bridgehead atoms. The molecule has 0 radical (unpaired) electrons. The third kappa shape index (κ3) is 8.96. The molecule has 2 heterocycles. The van der Waals surface area contributed by atoms with Crippen molar-refractivity contribution in [2.24, 2.45) is 0 Å². The molecule has 0 aromatic heterocycles. The highest BCUT2D eigenvalue weighted by Crippen LogP contribution is 2.23. The van der Waals surface area contributed by atoms with Crippen molar-refractivity contribution in [2.75, 3.05) is 23.7 Å². The van der Waals surface area contributed by atoms with Gasteiger partial charge in [0, 0.05) is 24.5 Å². The second-order valence-electron chi connectivity index (χ2n) is 12.3. The molecule has 2 fully saturated rings. The van der Waals surface area contributed by atoms with Crippen LogP contribution in [-0.2, 0) is 32.3 Å². The van der Waals surface area contributed by atoms with Crippen LogP contribution < -0.4 is 10.6 Å². The number of nitrogens with one attached hydrogen (secondary N) is 2. The van der Waals surface area contributed by atoms with Gasteiger partial charge in [-0.1, -0.05) is 97.1 Å². The number of amides is 4. The molecule has 4 aromatic rings. The van der Waals surface area contributed by atoms with Gasteiger partial charge in [-0.3, -0.25) is 19.4 Å². The van der Waals surface area contributed by atoms with E-state index in [1.165, 1.54) is 9.80 Å². The molecule has 256 valence electrons. The first-order valence-corrected chi connectivity index (χ1v) is 16.9. The Morgan fingerprint density at radius 1 is 0.560 bits per heavy atom. The zero-order valence-electron chi connectivity index (χ0n) is 27.7. The summed E-state index contributed by atoms with van der Waals surface area (Å²) >= 11 is 0. The summed E-state index contributed by atoms with van der Waals surface area (Å²) in [5.41, 5.74) is 4.94. The maximum Gasteiger partial charge on any atom is 0.410 e. The predicted octanol–water partition coefficient (Wildman–Crippen LogP) is 7.34. The molecule has 2 atom stereocenters. The maximum absolute atomic E-state index is 13.1. The number of hydrogen-bond acceptors (Lipinski definition) is 6. The van der Waals surface area contributed by atoms with Crippen LogP contribution in [-0.4, -0.2) is 59.0 Å². The monoisotopic (exact) mass is 672 g/mol. The zero-order chi connectivity index (χ0) is 34.7. The van der Waals surface area contributed by atoms with Crippen LogP contribution in [0, 0.1) is 0 Å². The third-order valence-corrected chi connectivity index (χ3v) is 8.81. The summed E-state index contributed by atoms with van der Waals surface area (Å²) in [6.45, 7) is 1.28. The minimum atomic E-state index is -0.580. The summed E-state index contributed by atoms with van der Waals surface area (Å²) in [7, 11) is 0. The quantitative estimate of drug-likeness (QED) is 0.170. The number of nitrogens with zero attached hydrogens (tertiary/aromatic N) is 2. The number of likely N-dealkylation sites (tertiary alicyclic amines) is 2. The minimum Gasteiger partial charge on any atom is -0.445 e. The number of carbonyl (C=O) groups is 4. The lowest BCUT2D eigenvalue weighted by molar-refractivity contribution is -0.120. The van der Waals surface area contributed by atoms with Crippen LogP contribution in [0.3, 0.4) is 0 Å². The first-order valence-electron chi connectivity index (χ1n) is 16.9. The Labute approximate surface area is 291 Å². The molecule has 0 saturated carbocycles. The van der Waals surface area contributed by atoms with E-state index >= 15 is 0 Å². The van der Waals surface area contributed by atoms with E-state index < -0.39 is 24.3 Å². The number of anilines is 2. The van der Waals surface area contributed by atoms with Gasteiger partial charge < -0.3 is 20.1 Å². The van der Waals surface area contributed by atoms with Crippen LogP contribution in [0.25, 0.3) is 12.2 Å². The van der Waals surface area contributed by atoms with Crippen molar-refractivity contribution >= 4 is 47.5 Å².